The maximum atomic E-state index is 13.4. The Morgan fingerprint density at radius 2 is 1.66 bits per heavy atom. The van der Waals surface area contributed by atoms with Crippen molar-refractivity contribution in [3.63, 3.8) is 0 Å². The van der Waals surface area contributed by atoms with Crippen LogP contribution in [0.1, 0.15) is 29.3 Å². The number of rotatable bonds is 9. The first-order chi connectivity index (χ1) is 17.9. The van der Waals surface area contributed by atoms with E-state index in [-0.39, 0.29) is 35.6 Å². The molecule has 1 heterocycles. The van der Waals surface area contributed by atoms with E-state index < -0.39 is 33.8 Å². The fourth-order valence-electron chi connectivity index (χ4n) is 4.21. The number of benzene rings is 2. The second-order valence-electron chi connectivity index (χ2n) is 8.98. The van der Waals surface area contributed by atoms with Gasteiger partial charge in [-0.05, 0) is 36.2 Å². The lowest BCUT2D eigenvalue weighted by Crippen LogP contribution is -2.49. The standard InChI is InChI=1S/C26H31N3O7S2/c1-18(30)37-22-14-23(29(15-22)38(34,35)17-19-8-6-5-7-9-19)25(32)27(2)16-24(31)28(3)21-12-10-20(11-13-21)26(33)36-4/h5-13,22-23H,14-17H2,1-4H3/t22-,23+/m1/s1. The number of methoxy groups -OCH3 is 1. The van der Waals surface area contributed by atoms with Crippen molar-refractivity contribution in [2.75, 3.05) is 39.2 Å². The SMILES string of the molecule is COC(=O)c1ccc(N(C)C(=O)CN(C)C(=O)[C@@H]2C[C@@H](SC(C)=O)CN2S(=O)(=O)Cc2ccccc2)cc1. The number of thioether (sulfide) groups is 1. The Labute approximate surface area is 227 Å². The van der Waals surface area contributed by atoms with Gasteiger partial charge in [-0.1, -0.05) is 42.1 Å². The molecule has 0 N–H and O–H groups in total. The number of hydrogen-bond acceptors (Lipinski definition) is 8. The van der Waals surface area contributed by atoms with E-state index >= 15 is 0 Å². The van der Waals surface area contributed by atoms with Crippen molar-refractivity contribution in [3.8, 4) is 0 Å². The van der Waals surface area contributed by atoms with Crippen LogP contribution in [0.15, 0.2) is 54.6 Å². The number of esters is 1. The Morgan fingerprint density at radius 1 is 1.03 bits per heavy atom. The van der Waals surface area contributed by atoms with Crippen LogP contribution in [0, 0.1) is 0 Å². The van der Waals surface area contributed by atoms with Gasteiger partial charge >= 0.3 is 5.97 Å². The van der Waals surface area contributed by atoms with E-state index in [2.05, 4.69) is 4.74 Å². The highest BCUT2D eigenvalue weighted by Gasteiger charge is 2.45. The van der Waals surface area contributed by atoms with Crippen molar-refractivity contribution in [1.29, 1.82) is 0 Å². The number of carbonyl (C=O) groups is 4. The first kappa shape index (κ1) is 29.3. The monoisotopic (exact) mass is 561 g/mol. The van der Waals surface area contributed by atoms with E-state index in [0.29, 0.717) is 16.8 Å². The zero-order chi connectivity index (χ0) is 28.0. The topological polar surface area (TPSA) is 121 Å². The summed E-state index contributed by atoms with van der Waals surface area (Å²) >= 11 is 1.02. The van der Waals surface area contributed by atoms with Gasteiger partial charge in [0.1, 0.15) is 6.04 Å². The fourth-order valence-corrected chi connectivity index (χ4v) is 7.04. The Bertz CT molecular complexity index is 1280. The second-order valence-corrected chi connectivity index (χ2v) is 12.4. The summed E-state index contributed by atoms with van der Waals surface area (Å²) in [7, 11) is 0.381. The van der Waals surface area contributed by atoms with Crippen LogP contribution in [0.3, 0.4) is 0 Å². The predicted molar refractivity (Wildman–Crippen MR) is 145 cm³/mol. The number of sulfonamides is 1. The molecule has 2 aromatic carbocycles. The minimum atomic E-state index is -3.88. The van der Waals surface area contributed by atoms with Crippen molar-refractivity contribution >= 4 is 50.4 Å². The van der Waals surface area contributed by atoms with Gasteiger partial charge in [-0.25, -0.2) is 13.2 Å². The third-order valence-electron chi connectivity index (χ3n) is 6.18. The third kappa shape index (κ3) is 7.21. The van der Waals surface area contributed by atoms with Crippen LogP contribution in [0.2, 0.25) is 0 Å². The number of hydrogen-bond donors (Lipinski definition) is 0. The van der Waals surface area contributed by atoms with E-state index in [9.17, 15) is 27.6 Å². The summed E-state index contributed by atoms with van der Waals surface area (Å²) in [4.78, 5) is 52.3. The van der Waals surface area contributed by atoms with Crippen molar-refractivity contribution in [1.82, 2.24) is 9.21 Å². The van der Waals surface area contributed by atoms with E-state index in [1.54, 1.807) is 49.5 Å². The molecule has 10 nitrogen and oxygen atoms in total. The second kappa shape index (κ2) is 12.5. The smallest absolute Gasteiger partial charge is 0.337 e. The molecule has 2 atom stereocenters. The maximum absolute atomic E-state index is 13.4. The number of likely N-dealkylation sites (N-methyl/N-ethyl adjacent to an activating group) is 2. The average molecular weight is 562 g/mol. The zero-order valence-corrected chi connectivity index (χ0v) is 23.3. The minimum Gasteiger partial charge on any atom is -0.465 e. The molecule has 2 amide bonds. The number of ether oxygens (including phenoxy) is 1. The summed E-state index contributed by atoms with van der Waals surface area (Å²) < 4.78 is 32.5. The Kier molecular flexibility index (Phi) is 9.69. The third-order valence-corrected chi connectivity index (χ3v) is 9.01. The van der Waals surface area contributed by atoms with Gasteiger partial charge in [0.05, 0.1) is 25.0 Å². The number of anilines is 1. The summed E-state index contributed by atoms with van der Waals surface area (Å²) in [6, 6.07) is 13.9. The van der Waals surface area contributed by atoms with Gasteiger partial charge in [-0.2, -0.15) is 4.31 Å². The first-order valence-corrected chi connectivity index (χ1v) is 14.3. The quantitative estimate of drug-likeness (QED) is 0.427. The highest BCUT2D eigenvalue weighted by molar-refractivity contribution is 8.14. The lowest BCUT2D eigenvalue weighted by atomic mass is 10.2. The molecule has 38 heavy (non-hydrogen) atoms. The lowest BCUT2D eigenvalue weighted by molar-refractivity contribution is -0.136. The van der Waals surface area contributed by atoms with E-state index in [1.807, 2.05) is 0 Å². The van der Waals surface area contributed by atoms with Crippen LogP contribution in [0.5, 0.6) is 0 Å². The van der Waals surface area contributed by atoms with Gasteiger partial charge < -0.3 is 14.5 Å². The van der Waals surface area contributed by atoms with E-state index in [4.69, 9.17) is 0 Å². The van der Waals surface area contributed by atoms with Crippen LogP contribution in [0.4, 0.5) is 5.69 Å². The molecule has 1 aliphatic heterocycles. The number of amides is 2. The predicted octanol–water partition coefficient (Wildman–Crippen LogP) is 2.15. The van der Waals surface area contributed by atoms with Crippen LogP contribution >= 0.6 is 11.8 Å². The van der Waals surface area contributed by atoms with Crippen molar-refractivity contribution in [3.05, 3.63) is 65.7 Å². The molecule has 204 valence electrons. The summed E-state index contributed by atoms with van der Waals surface area (Å²) in [5.74, 6) is -1.70. The Hall–Kier alpha value is -3.22. The van der Waals surface area contributed by atoms with Gasteiger partial charge in [0.15, 0.2) is 5.12 Å². The summed E-state index contributed by atoms with van der Waals surface area (Å²) in [6.45, 7) is 1.15. The van der Waals surface area contributed by atoms with Crippen LogP contribution in [0.25, 0.3) is 0 Å². The largest absolute Gasteiger partial charge is 0.465 e. The maximum Gasteiger partial charge on any atom is 0.337 e. The van der Waals surface area contributed by atoms with Gasteiger partial charge in [0.25, 0.3) is 0 Å². The van der Waals surface area contributed by atoms with Crippen molar-refractivity contribution in [2.24, 2.45) is 0 Å². The molecule has 1 aliphatic rings. The molecule has 0 saturated carbocycles. The molecule has 12 heteroatoms. The van der Waals surface area contributed by atoms with Crippen molar-refractivity contribution < 1.29 is 32.3 Å². The molecule has 1 fully saturated rings. The molecule has 0 aliphatic carbocycles. The van der Waals surface area contributed by atoms with Crippen LogP contribution in [-0.4, -0.2) is 86.1 Å². The summed E-state index contributed by atoms with van der Waals surface area (Å²) in [6.07, 6.45) is 0.167. The zero-order valence-electron chi connectivity index (χ0n) is 21.7. The molecule has 0 bridgehead atoms. The number of carbonyl (C=O) groups excluding carboxylic acids is 4. The molecular formula is C26H31N3O7S2. The molecule has 0 aromatic heterocycles. The van der Waals surface area contributed by atoms with Gasteiger partial charge in [0.2, 0.25) is 21.8 Å². The minimum absolute atomic E-state index is 0.0318. The summed E-state index contributed by atoms with van der Waals surface area (Å²) in [5, 5.41) is -0.529. The average Bonchev–Trinajstić information content (AvgIpc) is 3.31. The Balaban J connectivity index is 1.74. The van der Waals surface area contributed by atoms with E-state index in [1.165, 1.54) is 47.3 Å². The normalized spacial score (nSPS) is 17.6. The van der Waals surface area contributed by atoms with Gasteiger partial charge in [-0.3, -0.25) is 14.4 Å². The van der Waals surface area contributed by atoms with Crippen LogP contribution in [-0.2, 0) is 34.9 Å². The molecule has 0 radical (unpaired) electrons. The number of nitrogens with zero attached hydrogens (tertiary/aromatic N) is 3. The molecule has 1 saturated heterocycles. The highest BCUT2D eigenvalue weighted by Crippen LogP contribution is 2.32. The fraction of sp³-hybridized carbons (Fsp3) is 0.385. The summed E-state index contributed by atoms with van der Waals surface area (Å²) in [5.41, 5.74) is 1.43. The van der Waals surface area contributed by atoms with Crippen molar-refractivity contribution in [2.45, 2.75) is 30.4 Å². The first-order valence-electron chi connectivity index (χ1n) is 11.8. The lowest BCUT2D eigenvalue weighted by Gasteiger charge is -2.28. The highest BCUT2D eigenvalue weighted by atomic mass is 32.2. The van der Waals surface area contributed by atoms with Gasteiger partial charge in [0, 0.05) is 38.5 Å². The molecule has 0 spiro atoms. The molecular weight excluding hydrogens is 530 g/mol. The van der Waals surface area contributed by atoms with E-state index in [0.717, 1.165) is 11.8 Å². The molecule has 0 unspecified atom stereocenters. The molecule has 2 aromatic rings. The van der Waals surface area contributed by atoms with Gasteiger partial charge in [-0.15, -0.1) is 0 Å². The molecule has 3 rings (SSSR count). The van der Waals surface area contributed by atoms with Crippen LogP contribution < -0.4 is 4.90 Å². The Morgan fingerprint density at radius 3 is 2.24 bits per heavy atom.